The van der Waals surface area contributed by atoms with Crippen LogP contribution in [0.3, 0.4) is 0 Å². The van der Waals surface area contributed by atoms with Crippen LogP contribution in [-0.4, -0.2) is 6.61 Å². The van der Waals surface area contributed by atoms with Crippen molar-refractivity contribution >= 4 is 11.1 Å². The molecule has 0 saturated heterocycles. The maximum absolute atomic E-state index is 5.39. The lowest BCUT2D eigenvalue weighted by Gasteiger charge is -2.13. The van der Waals surface area contributed by atoms with E-state index in [1.54, 1.807) is 18.8 Å². The van der Waals surface area contributed by atoms with Gasteiger partial charge in [0.1, 0.15) is 18.1 Å². The minimum absolute atomic E-state index is 0.500. The number of allylic oxidation sites excluding steroid dienone is 2. The Kier molecular flexibility index (Phi) is 2.14. The van der Waals surface area contributed by atoms with Crippen molar-refractivity contribution < 1.29 is 13.6 Å². The molecule has 0 aromatic carbocycles. The summed E-state index contributed by atoms with van der Waals surface area (Å²) in [6.07, 6.45) is 6.87. The lowest BCUT2D eigenvalue weighted by molar-refractivity contribution is 0.291. The molecule has 16 heavy (non-hydrogen) atoms. The van der Waals surface area contributed by atoms with E-state index in [0.29, 0.717) is 6.61 Å². The number of ether oxygens (including phenoxy) is 1. The highest BCUT2D eigenvalue weighted by molar-refractivity contribution is 5.93. The summed E-state index contributed by atoms with van der Waals surface area (Å²) in [5.74, 6) is 1.64. The smallest absolute Gasteiger partial charge is 0.134 e. The summed E-state index contributed by atoms with van der Waals surface area (Å²) in [6.45, 7) is 0.500. The number of furan rings is 2. The van der Waals surface area contributed by atoms with Crippen molar-refractivity contribution in [3.8, 4) is 0 Å². The largest absolute Gasteiger partial charge is 0.496 e. The van der Waals surface area contributed by atoms with Gasteiger partial charge in [0, 0.05) is 11.1 Å². The molecule has 1 aliphatic rings. The van der Waals surface area contributed by atoms with Crippen LogP contribution in [0.25, 0.3) is 11.1 Å². The standard InChI is InChI=1S/C13H10O3/c1-3-12(15-6-1)10-5-8-14-9-11(10)13-4-2-7-16-13/h1-8H,9H2. The molecule has 0 amide bonds. The Bertz CT molecular complexity index is 516. The van der Waals surface area contributed by atoms with Crippen molar-refractivity contribution in [2.45, 2.75) is 0 Å². The van der Waals surface area contributed by atoms with E-state index in [4.69, 9.17) is 13.6 Å². The number of hydrogen-bond acceptors (Lipinski definition) is 3. The molecule has 0 aliphatic carbocycles. The van der Waals surface area contributed by atoms with Crippen molar-refractivity contribution in [2.75, 3.05) is 6.61 Å². The lowest BCUT2D eigenvalue weighted by atomic mass is 10.0. The van der Waals surface area contributed by atoms with Crippen LogP contribution in [0.2, 0.25) is 0 Å². The SMILES string of the molecule is C1=CC(c2ccco2)=C(c2ccco2)CO1. The fourth-order valence-corrected chi connectivity index (χ4v) is 1.74. The van der Waals surface area contributed by atoms with Gasteiger partial charge in [0.25, 0.3) is 0 Å². The second kappa shape index (κ2) is 3.77. The van der Waals surface area contributed by atoms with Crippen LogP contribution < -0.4 is 0 Å². The summed E-state index contributed by atoms with van der Waals surface area (Å²) in [4.78, 5) is 0. The topological polar surface area (TPSA) is 35.5 Å². The van der Waals surface area contributed by atoms with E-state index in [2.05, 4.69) is 0 Å². The predicted molar refractivity (Wildman–Crippen MR) is 59.3 cm³/mol. The molecule has 0 spiro atoms. The number of rotatable bonds is 2. The maximum atomic E-state index is 5.39. The molecule has 0 bridgehead atoms. The van der Waals surface area contributed by atoms with Crippen molar-refractivity contribution in [1.29, 1.82) is 0 Å². The van der Waals surface area contributed by atoms with Gasteiger partial charge in [-0.05, 0) is 30.3 Å². The fourth-order valence-electron chi connectivity index (χ4n) is 1.74. The van der Waals surface area contributed by atoms with Gasteiger partial charge in [0.2, 0.25) is 0 Å². The van der Waals surface area contributed by atoms with Crippen molar-refractivity contribution in [2.24, 2.45) is 0 Å². The van der Waals surface area contributed by atoms with Crippen LogP contribution in [0.1, 0.15) is 11.5 Å². The normalized spacial score (nSPS) is 15.2. The quantitative estimate of drug-likeness (QED) is 0.769. The maximum Gasteiger partial charge on any atom is 0.134 e. The molecule has 0 N–H and O–H groups in total. The first-order valence-corrected chi connectivity index (χ1v) is 5.04. The minimum atomic E-state index is 0.500. The number of hydrogen-bond donors (Lipinski definition) is 0. The average molecular weight is 214 g/mol. The van der Waals surface area contributed by atoms with Crippen LogP contribution in [-0.2, 0) is 4.74 Å². The first-order chi connectivity index (χ1) is 7.95. The monoisotopic (exact) mass is 214 g/mol. The van der Waals surface area contributed by atoms with Crippen molar-refractivity contribution in [3.63, 3.8) is 0 Å². The highest BCUT2D eigenvalue weighted by atomic mass is 16.5. The van der Waals surface area contributed by atoms with Crippen molar-refractivity contribution in [1.82, 2.24) is 0 Å². The van der Waals surface area contributed by atoms with Crippen LogP contribution in [0.5, 0.6) is 0 Å². The summed E-state index contributed by atoms with van der Waals surface area (Å²) in [7, 11) is 0. The van der Waals surface area contributed by atoms with Crippen LogP contribution in [0.15, 0.2) is 58.0 Å². The third kappa shape index (κ3) is 1.46. The molecule has 0 saturated carbocycles. The van der Waals surface area contributed by atoms with Gasteiger partial charge >= 0.3 is 0 Å². The van der Waals surface area contributed by atoms with Gasteiger partial charge in [0.05, 0.1) is 18.8 Å². The third-order valence-corrected chi connectivity index (χ3v) is 2.49. The summed E-state index contributed by atoms with van der Waals surface area (Å²) in [6, 6.07) is 7.57. The van der Waals surface area contributed by atoms with Gasteiger partial charge in [-0.25, -0.2) is 0 Å². The first-order valence-electron chi connectivity index (χ1n) is 5.04. The van der Waals surface area contributed by atoms with E-state index in [0.717, 1.165) is 22.7 Å². The van der Waals surface area contributed by atoms with E-state index in [1.165, 1.54) is 0 Å². The van der Waals surface area contributed by atoms with Gasteiger partial charge in [-0.1, -0.05) is 0 Å². The zero-order valence-electron chi connectivity index (χ0n) is 8.55. The molecule has 2 aromatic heterocycles. The average Bonchev–Trinajstić information content (AvgIpc) is 3.03. The van der Waals surface area contributed by atoms with Gasteiger partial charge < -0.3 is 13.6 Å². The van der Waals surface area contributed by atoms with E-state index >= 15 is 0 Å². The Hall–Kier alpha value is -2.16. The molecule has 0 unspecified atom stereocenters. The van der Waals surface area contributed by atoms with E-state index in [-0.39, 0.29) is 0 Å². The van der Waals surface area contributed by atoms with E-state index < -0.39 is 0 Å². The molecule has 0 atom stereocenters. The molecule has 3 nitrogen and oxygen atoms in total. The third-order valence-electron chi connectivity index (χ3n) is 2.49. The second-order valence-corrected chi connectivity index (χ2v) is 3.46. The molecule has 0 fully saturated rings. The first kappa shape index (κ1) is 9.09. The Balaban J connectivity index is 2.13. The van der Waals surface area contributed by atoms with Gasteiger partial charge in [0.15, 0.2) is 0 Å². The van der Waals surface area contributed by atoms with Crippen LogP contribution in [0.4, 0.5) is 0 Å². The van der Waals surface area contributed by atoms with Crippen LogP contribution in [0, 0.1) is 0 Å². The fraction of sp³-hybridized carbons (Fsp3) is 0.0769. The molecular weight excluding hydrogens is 204 g/mol. The summed E-state index contributed by atoms with van der Waals surface area (Å²) in [5, 5.41) is 0. The molecule has 3 heteroatoms. The second-order valence-electron chi connectivity index (χ2n) is 3.46. The van der Waals surface area contributed by atoms with E-state index in [9.17, 15) is 0 Å². The Morgan fingerprint density at radius 1 is 0.938 bits per heavy atom. The zero-order valence-corrected chi connectivity index (χ0v) is 8.55. The minimum Gasteiger partial charge on any atom is -0.496 e. The van der Waals surface area contributed by atoms with Crippen LogP contribution >= 0.6 is 0 Å². The Morgan fingerprint density at radius 3 is 2.38 bits per heavy atom. The highest BCUT2D eigenvalue weighted by Crippen LogP contribution is 2.30. The molecular formula is C13H10O3. The molecule has 1 aliphatic heterocycles. The molecule has 0 radical (unpaired) electrons. The van der Waals surface area contributed by atoms with Gasteiger partial charge in [-0.2, -0.15) is 0 Å². The summed E-state index contributed by atoms with van der Waals surface area (Å²) < 4.78 is 16.1. The molecule has 80 valence electrons. The molecule has 2 aromatic rings. The predicted octanol–water partition coefficient (Wildman–Crippen LogP) is 3.33. The van der Waals surface area contributed by atoms with Gasteiger partial charge in [-0.15, -0.1) is 0 Å². The zero-order chi connectivity index (χ0) is 10.8. The van der Waals surface area contributed by atoms with E-state index in [1.807, 2.05) is 30.3 Å². The molecule has 3 rings (SSSR count). The Labute approximate surface area is 92.6 Å². The lowest BCUT2D eigenvalue weighted by Crippen LogP contribution is -2.00. The summed E-state index contributed by atoms with van der Waals surface area (Å²) in [5.41, 5.74) is 2.01. The molecule has 3 heterocycles. The summed E-state index contributed by atoms with van der Waals surface area (Å²) >= 11 is 0. The van der Waals surface area contributed by atoms with Gasteiger partial charge in [-0.3, -0.25) is 0 Å². The highest BCUT2D eigenvalue weighted by Gasteiger charge is 2.16. The Morgan fingerprint density at radius 2 is 1.69 bits per heavy atom. The van der Waals surface area contributed by atoms with Crippen molar-refractivity contribution in [3.05, 3.63) is 60.7 Å².